The van der Waals surface area contributed by atoms with Crippen molar-refractivity contribution < 1.29 is 4.79 Å². The van der Waals surface area contributed by atoms with Crippen molar-refractivity contribution >= 4 is 17.4 Å². The maximum absolute atomic E-state index is 12.1. The molecule has 1 aliphatic carbocycles. The van der Waals surface area contributed by atoms with Crippen molar-refractivity contribution in [3.63, 3.8) is 0 Å². The molecular formula is C17H17N5O2. The first-order valence-electron chi connectivity index (χ1n) is 7.93. The SMILES string of the molecule is CCCNC(=O)Nc1ccc2c(c1)Cc1c-2[nH]c(=O)c2nccn12. The predicted molar refractivity (Wildman–Crippen MR) is 91.4 cm³/mol. The normalized spacial score (nSPS) is 12.0. The van der Waals surface area contributed by atoms with Gasteiger partial charge >= 0.3 is 6.03 Å². The van der Waals surface area contributed by atoms with Crippen molar-refractivity contribution in [1.29, 1.82) is 0 Å². The number of fused-ring (bicyclic) bond motifs is 5. The van der Waals surface area contributed by atoms with E-state index in [2.05, 4.69) is 20.6 Å². The number of amides is 2. The van der Waals surface area contributed by atoms with Crippen LogP contribution in [0.15, 0.2) is 35.4 Å². The lowest BCUT2D eigenvalue weighted by Crippen LogP contribution is -2.29. The minimum atomic E-state index is -0.210. The number of nitrogens with zero attached hydrogens (tertiary/aromatic N) is 2. The van der Waals surface area contributed by atoms with Gasteiger partial charge in [-0.2, -0.15) is 0 Å². The number of carbonyl (C=O) groups excluding carboxylic acids is 1. The Labute approximate surface area is 137 Å². The van der Waals surface area contributed by atoms with Crippen molar-refractivity contribution in [2.75, 3.05) is 11.9 Å². The van der Waals surface area contributed by atoms with E-state index < -0.39 is 0 Å². The Kier molecular flexibility index (Phi) is 3.34. The molecule has 0 radical (unpaired) electrons. The van der Waals surface area contributed by atoms with Gasteiger partial charge in [-0.3, -0.25) is 9.20 Å². The molecule has 0 spiro atoms. The third kappa shape index (κ3) is 2.25. The van der Waals surface area contributed by atoms with Gasteiger partial charge in [0.1, 0.15) is 0 Å². The minimum Gasteiger partial charge on any atom is -0.338 e. The Morgan fingerprint density at radius 2 is 2.29 bits per heavy atom. The summed E-state index contributed by atoms with van der Waals surface area (Å²) in [6.45, 7) is 2.65. The molecule has 2 amide bonds. The summed E-state index contributed by atoms with van der Waals surface area (Å²) in [5, 5.41) is 5.62. The second kappa shape index (κ2) is 5.52. The molecule has 0 bridgehead atoms. The summed E-state index contributed by atoms with van der Waals surface area (Å²) in [7, 11) is 0. The van der Waals surface area contributed by atoms with Crippen LogP contribution in [0.4, 0.5) is 10.5 Å². The number of hydrogen-bond donors (Lipinski definition) is 3. The van der Waals surface area contributed by atoms with E-state index in [1.807, 2.05) is 29.5 Å². The highest BCUT2D eigenvalue weighted by Crippen LogP contribution is 2.35. The van der Waals surface area contributed by atoms with Crippen LogP contribution in [0.5, 0.6) is 0 Å². The van der Waals surface area contributed by atoms with Crippen LogP contribution in [0.3, 0.4) is 0 Å². The number of nitrogens with one attached hydrogen (secondary N) is 3. The smallest absolute Gasteiger partial charge is 0.319 e. The molecule has 4 rings (SSSR count). The standard InChI is InChI=1S/C17H17N5O2/c1-2-5-19-17(24)20-11-3-4-12-10(8-11)9-13-14(12)21-16(23)15-18-6-7-22(13)15/h3-4,6-8H,2,5,9H2,1H3,(H,21,23)(H2,19,20,24). The summed E-state index contributed by atoms with van der Waals surface area (Å²) >= 11 is 0. The molecule has 0 fully saturated rings. The van der Waals surface area contributed by atoms with E-state index in [0.29, 0.717) is 18.6 Å². The zero-order chi connectivity index (χ0) is 16.7. The molecule has 7 nitrogen and oxygen atoms in total. The summed E-state index contributed by atoms with van der Waals surface area (Å²) in [6, 6.07) is 5.50. The first-order chi connectivity index (χ1) is 11.7. The van der Waals surface area contributed by atoms with E-state index >= 15 is 0 Å². The topological polar surface area (TPSA) is 91.3 Å². The third-order valence-corrected chi connectivity index (χ3v) is 4.19. The van der Waals surface area contributed by atoms with Crippen LogP contribution in [-0.2, 0) is 6.42 Å². The molecule has 0 aliphatic heterocycles. The van der Waals surface area contributed by atoms with Crippen LogP contribution in [0.25, 0.3) is 16.9 Å². The fraction of sp³-hybridized carbons (Fsp3) is 0.235. The van der Waals surface area contributed by atoms with E-state index in [1.165, 1.54) is 0 Å². The number of imidazole rings is 1. The Morgan fingerprint density at radius 3 is 3.12 bits per heavy atom. The molecule has 3 N–H and O–H groups in total. The van der Waals surface area contributed by atoms with Crippen molar-refractivity contribution in [2.24, 2.45) is 0 Å². The van der Waals surface area contributed by atoms with E-state index in [4.69, 9.17) is 0 Å². The fourth-order valence-electron chi connectivity index (χ4n) is 3.10. The van der Waals surface area contributed by atoms with Crippen LogP contribution in [0, 0.1) is 0 Å². The molecule has 0 saturated heterocycles. The highest BCUT2D eigenvalue weighted by Gasteiger charge is 2.23. The first kappa shape index (κ1) is 14.5. The van der Waals surface area contributed by atoms with Crippen LogP contribution in [0.2, 0.25) is 0 Å². The monoisotopic (exact) mass is 323 g/mol. The zero-order valence-electron chi connectivity index (χ0n) is 13.2. The number of aromatic amines is 1. The number of urea groups is 1. The van der Waals surface area contributed by atoms with Crippen LogP contribution in [-0.4, -0.2) is 26.9 Å². The summed E-state index contributed by atoms with van der Waals surface area (Å²) in [5.74, 6) is 0. The summed E-state index contributed by atoms with van der Waals surface area (Å²) in [4.78, 5) is 30.9. The average molecular weight is 323 g/mol. The second-order valence-electron chi connectivity index (χ2n) is 5.83. The molecule has 1 aromatic carbocycles. The van der Waals surface area contributed by atoms with Crippen molar-refractivity contribution in [3.05, 3.63) is 52.2 Å². The maximum Gasteiger partial charge on any atom is 0.319 e. The van der Waals surface area contributed by atoms with Crippen LogP contribution < -0.4 is 16.2 Å². The number of hydrogen-bond acceptors (Lipinski definition) is 3. The van der Waals surface area contributed by atoms with E-state index in [9.17, 15) is 9.59 Å². The van der Waals surface area contributed by atoms with Gasteiger partial charge in [0, 0.05) is 36.6 Å². The number of carbonyl (C=O) groups is 1. The molecule has 0 unspecified atom stereocenters. The molecule has 1 aliphatic rings. The third-order valence-electron chi connectivity index (χ3n) is 4.19. The fourth-order valence-corrected chi connectivity index (χ4v) is 3.10. The van der Waals surface area contributed by atoms with Gasteiger partial charge in [0.2, 0.25) is 5.65 Å². The number of H-pyrrole nitrogens is 1. The van der Waals surface area contributed by atoms with Gasteiger partial charge in [-0.1, -0.05) is 13.0 Å². The summed E-state index contributed by atoms with van der Waals surface area (Å²) < 4.78 is 1.83. The molecule has 3 aromatic rings. The number of aromatic nitrogens is 3. The molecule has 7 heteroatoms. The summed E-state index contributed by atoms with van der Waals surface area (Å²) in [5.41, 5.74) is 4.81. The predicted octanol–water partition coefficient (Wildman–Crippen LogP) is 2.13. The highest BCUT2D eigenvalue weighted by molar-refractivity contribution is 5.90. The summed E-state index contributed by atoms with van der Waals surface area (Å²) in [6.07, 6.45) is 4.99. The van der Waals surface area contributed by atoms with Gasteiger partial charge in [-0.05, 0) is 24.1 Å². The molecule has 24 heavy (non-hydrogen) atoms. The molecule has 2 heterocycles. The average Bonchev–Trinajstić information content (AvgIpc) is 3.17. The van der Waals surface area contributed by atoms with Gasteiger partial charge in [0.05, 0.1) is 11.4 Å². The van der Waals surface area contributed by atoms with E-state index in [0.717, 1.165) is 34.6 Å². The van der Waals surface area contributed by atoms with E-state index in [-0.39, 0.29) is 11.6 Å². The molecule has 0 atom stereocenters. The van der Waals surface area contributed by atoms with Crippen molar-refractivity contribution in [2.45, 2.75) is 19.8 Å². The Morgan fingerprint density at radius 1 is 1.42 bits per heavy atom. The largest absolute Gasteiger partial charge is 0.338 e. The number of anilines is 1. The van der Waals surface area contributed by atoms with Gasteiger partial charge in [0.15, 0.2) is 0 Å². The van der Waals surface area contributed by atoms with Gasteiger partial charge in [-0.15, -0.1) is 0 Å². The number of benzene rings is 1. The first-order valence-corrected chi connectivity index (χ1v) is 7.93. The Bertz CT molecular complexity index is 1000. The molecule has 0 saturated carbocycles. The molecular weight excluding hydrogens is 306 g/mol. The van der Waals surface area contributed by atoms with Crippen molar-refractivity contribution in [3.8, 4) is 11.3 Å². The van der Waals surface area contributed by atoms with Crippen molar-refractivity contribution in [1.82, 2.24) is 19.7 Å². The lowest BCUT2D eigenvalue weighted by Gasteiger charge is -2.08. The second-order valence-corrected chi connectivity index (χ2v) is 5.83. The minimum absolute atomic E-state index is 0.201. The quantitative estimate of drug-likeness (QED) is 0.539. The van der Waals surface area contributed by atoms with Gasteiger partial charge < -0.3 is 15.6 Å². The van der Waals surface area contributed by atoms with Crippen LogP contribution >= 0.6 is 0 Å². The zero-order valence-corrected chi connectivity index (χ0v) is 13.2. The molecule has 122 valence electrons. The Balaban J connectivity index is 1.69. The van der Waals surface area contributed by atoms with E-state index in [1.54, 1.807) is 12.4 Å². The highest BCUT2D eigenvalue weighted by atomic mass is 16.2. The van der Waals surface area contributed by atoms with Gasteiger partial charge in [0.25, 0.3) is 5.56 Å². The molecule has 2 aromatic heterocycles. The number of rotatable bonds is 3. The lowest BCUT2D eigenvalue weighted by atomic mass is 10.1. The van der Waals surface area contributed by atoms with Gasteiger partial charge in [-0.25, -0.2) is 9.78 Å². The Hall–Kier alpha value is -3.09. The lowest BCUT2D eigenvalue weighted by molar-refractivity contribution is 0.252. The maximum atomic E-state index is 12.1. The van der Waals surface area contributed by atoms with Crippen LogP contribution in [0.1, 0.15) is 24.6 Å².